The Morgan fingerprint density at radius 2 is 2.25 bits per heavy atom. The second-order valence-corrected chi connectivity index (χ2v) is 5.10. The molecule has 2 heterocycles. The maximum absolute atomic E-state index is 6.10. The molecule has 0 bridgehead atoms. The highest BCUT2D eigenvalue weighted by Crippen LogP contribution is 2.20. The fraction of sp³-hybridized carbons (Fsp3) is 0.429. The summed E-state index contributed by atoms with van der Waals surface area (Å²) in [6, 6.07) is 5.54. The van der Waals surface area contributed by atoms with E-state index in [1.54, 1.807) is 13.4 Å². The second-order valence-electron chi connectivity index (χ2n) is 5.10. The van der Waals surface area contributed by atoms with Crippen LogP contribution in [0, 0.1) is 6.92 Å². The topological polar surface area (TPSA) is 86.2 Å². The van der Waals surface area contributed by atoms with Crippen LogP contribution >= 0.6 is 0 Å². The number of hydrogen-bond acceptors (Lipinski definition) is 6. The predicted molar refractivity (Wildman–Crippen MR) is 77.4 cm³/mol. The maximum atomic E-state index is 6.10. The van der Waals surface area contributed by atoms with Gasteiger partial charge in [-0.15, -0.1) is 0 Å². The van der Waals surface area contributed by atoms with Crippen LogP contribution in [-0.4, -0.2) is 35.8 Å². The van der Waals surface area contributed by atoms with Crippen LogP contribution in [0.1, 0.15) is 12.7 Å². The van der Waals surface area contributed by atoms with Crippen molar-refractivity contribution >= 4 is 5.82 Å². The van der Waals surface area contributed by atoms with Crippen LogP contribution < -0.4 is 11.1 Å². The van der Waals surface area contributed by atoms with Crippen molar-refractivity contribution in [1.29, 1.82) is 0 Å². The van der Waals surface area contributed by atoms with Crippen LogP contribution in [0.2, 0.25) is 0 Å². The highest BCUT2D eigenvalue weighted by Gasteiger charge is 2.18. The van der Waals surface area contributed by atoms with Crippen LogP contribution in [0.15, 0.2) is 28.9 Å². The Morgan fingerprint density at radius 1 is 1.45 bits per heavy atom. The average Bonchev–Trinajstić information content (AvgIpc) is 2.90. The number of rotatable bonds is 6. The molecule has 0 aliphatic carbocycles. The van der Waals surface area contributed by atoms with Crippen molar-refractivity contribution in [1.82, 2.24) is 9.97 Å². The normalized spacial score (nSPS) is 14.0. The summed E-state index contributed by atoms with van der Waals surface area (Å²) in [5, 5.41) is 3.22. The van der Waals surface area contributed by atoms with E-state index in [1.807, 2.05) is 32.0 Å². The lowest BCUT2D eigenvalue weighted by Crippen LogP contribution is -2.47. The number of anilines is 1. The minimum Gasteiger partial charge on any atom is -0.463 e. The molecule has 1 unspecified atom stereocenters. The van der Waals surface area contributed by atoms with Crippen LogP contribution in [0.4, 0.5) is 5.82 Å². The largest absolute Gasteiger partial charge is 0.463 e. The van der Waals surface area contributed by atoms with E-state index in [0.717, 1.165) is 11.5 Å². The monoisotopic (exact) mass is 276 g/mol. The summed E-state index contributed by atoms with van der Waals surface area (Å²) < 4.78 is 10.4. The van der Waals surface area contributed by atoms with Gasteiger partial charge in [-0.2, -0.15) is 0 Å². The smallest absolute Gasteiger partial charge is 0.152 e. The predicted octanol–water partition coefficient (Wildman–Crippen LogP) is 1.82. The van der Waals surface area contributed by atoms with Crippen molar-refractivity contribution in [3.05, 3.63) is 30.3 Å². The third-order valence-electron chi connectivity index (χ3n) is 2.76. The fourth-order valence-electron chi connectivity index (χ4n) is 1.88. The van der Waals surface area contributed by atoms with Gasteiger partial charge in [-0.25, -0.2) is 9.97 Å². The first-order chi connectivity index (χ1) is 9.50. The molecule has 0 spiro atoms. The highest BCUT2D eigenvalue weighted by atomic mass is 16.5. The van der Waals surface area contributed by atoms with E-state index >= 15 is 0 Å². The summed E-state index contributed by atoms with van der Waals surface area (Å²) in [7, 11) is 1.63. The molecule has 108 valence electrons. The van der Waals surface area contributed by atoms with E-state index in [4.69, 9.17) is 14.9 Å². The van der Waals surface area contributed by atoms with Crippen LogP contribution in [0.3, 0.4) is 0 Å². The molecule has 0 fully saturated rings. The van der Waals surface area contributed by atoms with E-state index in [2.05, 4.69) is 15.3 Å². The molecule has 0 radical (unpaired) electrons. The van der Waals surface area contributed by atoms with E-state index in [-0.39, 0.29) is 0 Å². The summed E-state index contributed by atoms with van der Waals surface area (Å²) in [4.78, 5) is 8.70. The number of hydrogen-bond donors (Lipinski definition) is 2. The molecular formula is C14H20N4O2. The average molecular weight is 276 g/mol. The van der Waals surface area contributed by atoms with Crippen molar-refractivity contribution in [2.75, 3.05) is 25.6 Å². The molecule has 6 nitrogen and oxygen atoms in total. The summed E-state index contributed by atoms with van der Waals surface area (Å²) in [6.45, 7) is 4.78. The van der Waals surface area contributed by atoms with Gasteiger partial charge in [-0.05, 0) is 26.0 Å². The quantitative estimate of drug-likeness (QED) is 0.837. The molecule has 3 N–H and O–H groups in total. The lowest BCUT2D eigenvalue weighted by atomic mass is 10.1. The van der Waals surface area contributed by atoms with Crippen molar-refractivity contribution < 1.29 is 9.15 Å². The minimum absolute atomic E-state index is 0.460. The number of ether oxygens (including phenoxy) is 1. The molecule has 0 aromatic carbocycles. The van der Waals surface area contributed by atoms with Gasteiger partial charge in [0.1, 0.15) is 17.3 Å². The Morgan fingerprint density at radius 3 is 2.90 bits per heavy atom. The molecule has 6 heteroatoms. The molecule has 0 saturated heterocycles. The van der Waals surface area contributed by atoms with Crippen molar-refractivity contribution in [3.8, 4) is 11.5 Å². The third kappa shape index (κ3) is 3.79. The molecule has 2 aromatic rings. The number of nitrogens with zero attached hydrogens (tertiary/aromatic N) is 2. The van der Waals surface area contributed by atoms with Gasteiger partial charge in [-0.3, -0.25) is 0 Å². The Bertz CT molecular complexity index is 552. The molecule has 0 saturated carbocycles. The van der Waals surface area contributed by atoms with Crippen molar-refractivity contribution in [3.63, 3.8) is 0 Å². The Kier molecular flexibility index (Phi) is 4.36. The molecule has 20 heavy (non-hydrogen) atoms. The first kappa shape index (κ1) is 14.5. The molecule has 2 rings (SSSR count). The SMILES string of the molecule is COCC(C)(N)CNc1cc(-c2ccco2)nc(C)n1. The molecule has 2 aromatic heterocycles. The fourth-order valence-corrected chi connectivity index (χ4v) is 1.88. The van der Waals surface area contributed by atoms with E-state index in [9.17, 15) is 0 Å². The van der Waals surface area contributed by atoms with Gasteiger partial charge in [0.15, 0.2) is 5.76 Å². The number of aromatic nitrogens is 2. The lowest BCUT2D eigenvalue weighted by molar-refractivity contribution is 0.146. The Hall–Kier alpha value is -1.92. The summed E-state index contributed by atoms with van der Waals surface area (Å²) in [5.41, 5.74) is 6.38. The van der Waals surface area contributed by atoms with Gasteiger partial charge < -0.3 is 20.2 Å². The number of nitrogens with two attached hydrogens (primary N) is 1. The first-order valence-electron chi connectivity index (χ1n) is 6.41. The number of methoxy groups -OCH3 is 1. The zero-order chi connectivity index (χ0) is 14.6. The lowest BCUT2D eigenvalue weighted by Gasteiger charge is -2.24. The maximum Gasteiger partial charge on any atom is 0.152 e. The number of aryl methyl sites for hydroxylation is 1. The van der Waals surface area contributed by atoms with Gasteiger partial charge in [-0.1, -0.05) is 0 Å². The van der Waals surface area contributed by atoms with E-state index < -0.39 is 5.54 Å². The van der Waals surface area contributed by atoms with Gasteiger partial charge in [0.25, 0.3) is 0 Å². The number of nitrogens with one attached hydrogen (secondary N) is 1. The van der Waals surface area contributed by atoms with Gasteiger partial charge >= 0.3 is 0 Å². The number of furan rings is 1. The molecule has 0 aliphatic rings. The summed E-state index contributed by atoms with van der Waals surface area (Å²) in [6.07, 6.45) is 1.62. The standard InChI is InChI=1S/C14H20N4O2/c1-10-17-11(12-5-4-6-20-12)7-13(18-10)16-8-14(2,15)9-19-3/h4-7H,8-9,15H2,1-3H3,(H,16,17,18). The van der Waals surface area contributed by atoms with Crippen LogP contribution in [0.25, 0.3) is 11.5 Å². The van der Waals surface area contributed by atoms with Crippen LogP contribution in [-0.2, 0) is 4.74 Å². The molecule has 1 atom stereocenters. The summed E-state index contributed by atoms with van der Waals surface area (Å²) in [5.74, 6) is 2.11. The minimum atomic E-state index is -0.460. The van der Waals surface area contributed by atoms with Gasteiger partial charge in [0.05, 0.1) is 18.4 Å². The van der Waals surface area contributed by atoms with Crippen LogP contribution in [0.5, 0.6) is 0 Å². The second kappa shape index (κ2) is 6.02. The molecule has 0 aliphatic heterocycles. The van der Waals surface area contributed by atoms with Crippen molar-refractivity contribution in [2.24, 2.45) is 5.73 Å². The molecule has 0 amide bonds. The Labute approximate surface area is 118 Å². The van der Waals surface area contributed by atoms with Gasteiger partial charge in [0.2, 0.25) is 0 Å². The van der Waals surface area contributed by atoms with Gasteiger partial charge in [0, 0.05) is 19.7 Å². The highest BCUT2D eigenvalue weighted by molar-refractivity contribution is 5.57. The van der Waals surface area contributed by atoms with E-state index in [1.165, 1.54) is 0 Å². The molecular weight excluding hydrogens is 256 g/mol. The van der Waals surface area contributed by atoms with Crippen molar-refractivity contribution in [2.45, 2.75) is 19.4 Å². The summed E-state index contributed by atoms with van der Waals surface area (Å²) >= 11 is 0. The first-order valence-corrected chi connectivity index (χ1v) is 6.41. The third-order valence-corrected chi connectivity index (χ3v) is 2.76. The zero-order valence-electron chi connectivity index (χ0n) is 12.0. The Balaban J connectivity index is 2.13. The van der Waals surface area contributed by atoms with E-state index in [0.29, 0.717) is 24.7 Å². The zero-order valence-corrected chi connectivity index (χ0v) is 12.0.